The maximum Gasteiger partial charge on any atom is 0.312 e. The van der Waals surface area contributed by atoms with Gasteiger partial charge in [-0.15, -0.1) is 0 Å². The number of primary amides is 1. The molecule has 25 heavy (non-hydrogen) atoms. The molecular formula is C20H26N4O. The standard InChI is InChI=1S/C20H26N4O/c1-15-10-12-24(13-11-15)19-8-6-18(7-9-19)23-17-4-2-16(3-5-17)14-22-20(21)25/h2-9,15,23H,10-14H2,1H3,(H3,21,22,25). The summed E-state index contributed by atoms with van der Waals surface area (Å²) in [6, 6.07) is 16.0. The third-order valence-corrected chi connectivity index (χ3v) is 4.73. The topological polar surface area (TPSA) is 70.4 Å². The Balaban J connectivity index is 1.57. The summed E-state index contributed by atoms with van der Waals surface area (Å²) >= 11 is 0. The Hall–Kier alpha value is -2.69. The van der Waals surface area contributed by atoms with Crippen molar-refractivity contribution in [2.45, 2.75) is 26.3 Å². The van der Waals surface area contributed by atoms with E-state index in [9.17, 15) is 4.79 Å². The van der Waals surface area contributed by atoms with Crippen LogP contribution in [-0.4, -0.2) is 19.1 Å². The Morgan fingerprint density at radius 1 is 1.04 bits per heavy atom. The van der Waals surface area contributed by atoms with Gasteiger partial charge in [0.1, 0.15) is 0 Å². The first kappa shape index (κ1) is 17.1. The van der Waals surface area contributed by atoms with Gasteiger partial charge < -0.3 is 21.3 Å². The van der Waals surface area contributed by atoms with Gasteiger partial charge in [-0.05, 0) is 60.7 Å². The van der Waals surface area contributed by atoms with Crippen molar-refractivity contribution in [2.75, 3.05) is 23.3 Å². The van der Waals surface area contributed by atoms with E-state index in [1.807, 2.05) is 24.3 Å². The predicted molar refractivity (Wildman–Crippen MR) is 103 cm³/mol. The lowest BCUT2D eigenvalue weighted by Crippen LogP contribution is -2.32. The minimum Gasteiger partial charge on any atom is -0.372 e. The van der Waals surface area contributed by atoms with Crippen LogP contribution in [0.3, 0.4) is 0 Å². The molecule has 132 valence electrons. The van der Waals surface area contributed by atoms with Gasteiger partial charge in [0.25, 0.3) is 0 Å². The average Bonchev–Trinajstić information content (AvgIpc) is 2.62. The van der Waals surface area contributed by atoms with Crippen LogP contribution < -0.4 is 21.3 Å². The first-order valence-electron chi connectivity index (χ1n) is 8.84. The number of nitrogens with two attached hydrogens (primary N) is 1. The average molecular weight is 338 g/mol. The molecule has 0 saturated carbocycles. The Morgan fingerprint density at radius 3 is 2.16 bits per heavy atom. The zero-order valence-electron chi connectivity index (χ0n) is 14.7. The zero-order chi connectivity index (χ0) is 17.6. The van der Waals surface area contributed by atoms with Crippen molar-refractivity contribution in [3.63, 3.8) is 0 Å². The van der Waals surface area contributed by atoms with Crippen LogP contribution in [0.5, 0.6) is 0 Å². The molecule has 5 heteroatoms. The van der Waals surface area contributed by atoms with E-state index in [1.54, 1.807) is 0 Å². The number of carbonyl (C=O) groups is 1. The van der Waals surface area contributed by atoms with Gasteiger partial charge in [-0.3, -0.25) is 0 Å². The third-order valence-electron chi connectivity index (χ3n) is 4.73. The SMILES string of the molecule is CC1CCN(c2ccc(Nc3ccc(CNC(N)=O)cc3)cc2)CC1. The Kier molecular flexibility index (Phi) is 5.43. The summed E-state index contributed by atoms with van der Waals surface area (Å²) in [5.74, 6) is 0.846. The fraction of sp³-hybridized carbons (Fsp3) is 0.350. The Morgan fingerprint density at radius 2 is 1.60 bits per heavy atom. The summed E-state index contributed by atoms with van der Waals surface area (Å²) in [5, 5.41) is 5.99. The van der Waals surface area contributed by atoms with Gasteiger partial charge in [0.2, 0.25) is 0 Å². The lowest BCUT2D eigenvalue weighted by molar-refractivity contribution is 0.248. The lowest BCUT2D eigenvalue weighted by Gasteiger charge is -2.32. The van der Waals surface area contributed by atoms with E-state index < -0.39 is 6.03 Å². The van der Waals surface area contributed by atoms with E-state index in [1.165, 1.54) is 18.5 Å². The number of hydrogen-bond acceptors (Lipinski definition) is 3. The molecule has 1 fully saturated rings. The molecule has 1 aliphatic rings. The van der Waals surface area contributed by atoms with Crippen molar-refractivity contribution in [2.24, 2.45) is 11.7 Å². The van der Waals surface area contributed by atoms with Crippen LogP contribution in [0.25, 0.3) is 0 Å². The fourth-order valence-electron chi connectivity index (χ4n) is 3.08. The molecule has 0 aromatic heterocycles. The number of nitrogens with one attached hydrogen (secondary N) is 2. The molecule has 2 aromatic rings. The first-order valence-corrected chi connectivity index (χ1v) is 8.84. The second kappa shape index (κ2) is 7.92. The number of carbonyl (C=O) groups excluding carboxylic acids is 1. The number of amides is 2. The van der Waals surface area contributed by atoms with E-state index in [-0.39, 0.29) is 0 Å². The van der Waals surface area contributed by atoms with Crippen LogP contribution in [0.4, 0.5) is 21.9 Å². The molecule has 0 bridgehead atoms. The molecule has 0 radical (unpaired) electrons. The van der Waals surface area contributed by atoms with Crippen LogP contribution in [0.1, 0.15) is 25.3 Å². The van der Waals surface area contributed by atoms with E-state index in [0.717, 1.165) is 35.9 Å². The molecule has 5 nitrogen and oxygen atoms in total. The van der Waals surface area contributed by atoms with Crippen molar-refractivity contribution in [3.8, 4) is 0 Å². The van der Waals surface area contributed by atoms with Gasteiger partial charge >= 0.3 is 6.03 Å². The normalized spacial score (nSPS) is 15.0. The number of anilines is 3. The van der Waals surface area contributed by atoms with Gasteiger partial charge in [0.15, 0.2) is 0 Å². The van der Waals surface area contributed by atoms with Crippen molar-refractivity contribution < 1.29 is 4.79 Å². The van der Waals surface area contributed by atoms with Crippen LogP contribution in [0, 0.1) is 5.92 Å². The summed E-state index contributed by atoms with van der Waals surface area (Å²) in [6.07, 6.45) is 2.55. The quantitative estimate of drug-likeness (QED) is 0.776. The van der Waals surface area contributed by atoms with Crippen LogP contribution >= 0.6 is 0 Å². The molecule has 0 aliphatic carbocycles. The third kappa shape index (κ3) is 4.89. The van der Waals surface area contributed by atoms with Gasteiger partial charge in [-0.1, -0.05) is 19.1 Å². The molecule has 2 amide bonds. The van der Waals surface area contributed by atoms with Crippen LogP contribution in [0.15, 0.2) is 48.5 Å². The van der Waals surface area contributed by atoms with Crippen molar-refractivity contribution in [3.05, 3.63) is 54.1 Å². The van der Waals surface area contributed by atoms with Gasteiger partial charge in [-0.2, -0.15) is 0 Å². The van der Waals surface area contributed by atoms with Crippen LogP contribution in [0.2, 0.25) is 0 Å². The largest absolute Gasteiger partial charge is 0.372 e. The molecule has 0 atom stereocenters. The molecular weight excluding hydrogens is 312 g/mol. The molecule has 4 N–H and O–H groups in total. The smallest absolute Gasteiger partial charge is 0.312 e. The summed E-state index contributed by atoms with van der Waals surface area (Å²) in [6.45, 7) is 5.07. The van der Waals surface area contributed by atoms with E-state index in [0.29, 0.717) is 6.54 Å². The summed E-state index contributed by atoms with van der Waals surface area (Å²) < 4.78 is 0. The number of rotatable bonds is 5. The minimum absolute atomic E-state index is 0.443. The minimum atomic E-state index is -0.509. The molecule has 0 unspecified atom stereocenters. The molecule has 0 spiro atoms. The lowest BCUT2D eigenvalue weighted by atomic mass is 9.99. The fourth-order valence-corrected chi connectivity index (χ4v) is 3.08. The Bertz CT molecular complexity index is 689. The van der Waals surface area contributed by atoms with Gasteiger partial charge in [0, 0.05) is 36.7 Å². The zero-order valence-corrected chi connectivity index (χ0v) is 14.7. The number of hydrogen-bond donors (Lipinski definition) is 3. The van der Waals surface area contributed by atoms with Gasteiger partial charge in [-0.25, -0.2) is 4.79 Å². The second-order valence-corrected chi connectivity index (χ2v) is 6.76. The van der Waals surface area contributed by atoms with Crippen molar-refractivity contribution >= 4 is 23.1 Å². The maximum absolute atomic E-state index is 10.7. The number of nitrogens with zero attached hydrogens (tertiary/aromatic N) is 1. The predicted octanol–water partition coefficient (Wildman–Crippen LogP) is 3.83. The number of urea groups is 1. The number of piperidine rings is 1. The molecule has 1 saturated heterocycles. The van der Waals surface area contributed by atoms with Gasteiger partial charge in [0.05, 0.1) is 0 Å². The maximum atomic E-state index is 10.7. The highest BCUT2D eigenvalue weighted by Gasteiger charge is 2.15. The summed E-state index contributed by atoms with van der Waals surface area (Å²) in [4.78, 5) is 13.2. The second-order valence-electron chi connectivity index (χ2n) is 6.76. The van der Waals surface area contributed by atoms with E-state index in [2.05, 4.69) is 46.7 Å². The van der Waals surface area contributed by atoms with E-state index in [4.69, 9.17) is 5.73 Å². The molecule has 1 heterocycles. The Labute approximate surface area is 149 Å². The summed E-state index contributed by atoms with van der Waals surface area (Å²) in [7, 11) is 0. The highest BCUT2D eigenvalue weighted by Crippen LogP contribution is 2.25. The highest BCUT2D eigenvalue weighted by atomic mass is 16.2. The van der Waals surface area contributed by atoms with Crippen molar-refractivity contribution in [1.29, 1.82) is 0 Å². The highest BCUT2D eigenvalue weighted by molar-refractivity contribution is 5.71. The molecule has 3 rings (SSSR count). The monoisotopic (exact) mass is 338 g/mol. The molecule has 1 aliphatic heterocycles. The van der Waals surface area contributed by atoms with E-state index >= 15 is 0 Å². The van der Waals surface area contributed by atoms with Crippen LogP contribution in [-0.2, 0) is 6.54 Å². The van der Waals surface area contributed by atoms with Crippen molar-refractivity contribution in [1.82, 2.24) is 5.32 Å². The summed E-state index contributed by atoms with van der Waals surface area (Å²) in [5.41, 5.74) is 9.47. The number of benzene rings is 2. The molecule has 2 aromatic carbocycles. The first-order chi connectivity index (χ1) is 12.1.